The summed E-state index contributed by atoms with van der Waals surface area (Å²) >= 11 is 6.04. The van der Waals surface area contributed by atoms with Gasteiger partial charge in [-0.05, 0) is 17.7 Å². The fourth-order valence-electron chi connectivity index (χ4n) is 2.51. The number of hydrogen-bond donors (Lipinski definition) is 2. The van der Waals surface area contributed by atoms with Gasteiger partial charge in [0.05, 0.1) is 11.1 Å². The van der Waals surface area contributed by atoms with E-state index in [0.29, 0.717) is 0 Å². The molecule has 5 heteroatoms. The number of allylic oxidation sites excluding steroid dienone is 3. The number of hydrogen-bond acceptors (Lipinski definition) is 4. The van der Waals surface area contributed by atoms with Gasteiger partial charge in [-0.15, -0.1) is 0 Å². The monoisotopic (exact) mass is 352 g/mol. The van der Waals surface area contributed by atoms with Gasteiger partial charge in [0.2, 0.25) is 11.6 Å². The smallest absolute Gasteiger partial charge is 0.232 e. The minimum absolute atomic E-state index is 0.192. The number of carbonyl (C=O) groups is 2. The number of aliphatic hydroxyl groups is 2. The van der Waals surface area contributed by atoms with Crippen molar-refractivity contribution in [1.82, 2.24) is 0 Å². The second-order valence-electron chi connectivity index (χ2n) is 5.37. The van der Waals surface area contributed by atoms with Crippen molar-refractivity contribution in [2.75, 3.05) is 0 Å². The number of rotatable bonds is 3. The lowest BCUT2D eigenvalue weighted by Gasteiger charge is -2.17. The number of aliphatic hydroxyl groups excluding tert-OH is 2. The van der Waals surface area contributed by atoms with Crippen molar-refractivity contribution in [2.45, 2.75) is 0 Å². The van der Waals surface area contributed by atoms with Crippen molar-refractivity contribution in [3.63, 3.8) is 0 Å². The van der Waals surface area contributed by atoms with Gasteiger partial charge in [-0.2, -0.15) is 0 Å². The summed E-state index contributed by atoms with van der Waals surface area (Å²) in [6, 6.07) is 15.4. The van der Waals surface area contributed by atoms with E-state index in [1.54, 1.807) is 30.3 Å². The molecule has 1 aliphatic carbocycles. The molecule has 0 heterocycles. The van der Waals surface area contributed by atoms with Crippen LogP contribution in [0.1, 0.15) is 11.1 Å². The van der Waals surface area contributed by atoms with Gasteiger partial charge in [-0.25, -0.2) is 0 Å². The molecule has 4 nitrogen and oxygen atoms in total. The molecule has 0 aliphatic heterocycles. The minimum Gasteiger partial charge on any atom is -0.504 e. The van der Waals surface area contributed by atoms with Crippen molar-refractivity contribution in [3.8, 4) is 0 Å². The Hall–Kier alpha value is -3.11. The quantitative estimate of drug-likeness (QED) is 0.808. The highest BCUT2D eigenvalue weighted by Gasteiger charge is 2.35. The Morgan fingerprint density at radius 2 is 1.40 bits per heavy atom. The first-order valence-corrected chi connectivity index (χ1v) is 7.82. The molecule has 2 aromatic carbocycles. The molecular formula is C20H13ClO4. The fraction of sp³-hybridized carbons (Fsp3) is 0. The first-order valence-electron chi connectivity index (χ1n) is 7.44. The molecule has 0 unspecified atom stereocenters. The standard InChI is InChI=1S/C20H13ClO4/c21-15-9-5-4-8-13(15)16-19(24)17(22)14(18(23)20(16)25)11-10-12-6-2-1-3-7-12/h1-11,22,25H/b11-10+. The van der Waals surface area contributed by atoms with Crippen molar-refractivity contribution in [1.29, 1.82) is 0 Å². The predicted molar refractivity (Wildman–Crippen MR) is 96.1 cm³/mol. The van der Waals surface area contributed by atoms with Gasteiger partial charge in [0.25, 0.3) is 0 Å². The number of carbonyl (C=O) groups excluding carboxylic acids is 2. The molecule has 124 valence electrons. The zero-order valence-corrected chi connectivity index (χ0v) is 13.7. The number of halogens is 1. The van der Waals surface area contributed by atoms with Gasteiger partial charge in [-0.3, -0.25) is 9.59 Å². The van der Waals surface area contributed by atoms with E-state index in [4.69, 9.17) is 11.6 Å². The average molecular weight is 353 g/mol. The Balaban J connectivity index is 2.03. The average Bonchev–Trinajstić information content (AvgIpc) is 2.63. The van der Waals surface area contributed by atoms with Gasteiger partial charge in [0.1, 0.15) is 0 Å². The van der Waals surface area contributed by atoms with E-state index < -0.39 is 23.1 Å². The molecule has 2 N–H and O–H groups in total. The molecule has 2 aromatic rings. The van der Waals surface area contributed by atoms with Crippen LogP contribution in [-0.2, 0) is 9.59 Å². The predicted octanol–water partition coefficient (Wildman–Crippen LogP) is 4.29. The highest BCUT2D eigenvalue weighted by molar-refractivity contribution is 6.41. The van der Waals surface area contributed by atoms with Crippen LogP contribution in [0.2, 0.25) is 5.02 Å². The summed E-state index contributed by atoms with van der Waals surface area (Å²) in [5.74, 6) is -3.13. The van der Waals surface area contributed by atoms with Crippen LogP contribution >= 0.6 is 11.6 Å². The minimum atomic E-state index is -0.849. The molecule has 0 bridgehead atoms. The Morgan fingerprint density at radius 3 is 2.08 bits per heavy atom. The highest BCUT2D eigenvalue weighted by Crippen LogP contribution is 2.33. The second kappa shape index (κ2) is 6.79. The summed E-state index contributed by atoms with van der Waals surface area (Å²) in [6.45, 7) is 0. The zero-order chi connectivity index (χ0) is 18.0. The maximum absolute atomic E-state index is 12.5. The van der Waals surface area contributed by atoms with Crippen molar-refractivity contribution >= 4 is 34.8 Å². The number of ketones is 2. The lowest BCUT2D eigenvalue weighted by molar-refractivity contribution is -0.118. The fourth-order valence-corrected chi connectivity index (χ4v) is 2.74. The summed E-state index contributed by atoms with van der Waals surface area (Å²) in [7, 11) is 0. The van der Waals surface area contributed by atoms with Gasteiger partial charge < -0.3 is 10.2 Å². The Kier molecular flexibility index (Phi) is 4.55. The first-order chi connectivity index (χ1) is 12.0. The molecule has 0 radical (unpaired) electrons. The van der Waals surface area contributed by atoms with Crippen LogP contribution in [0.4, 0.5) is 0 Å². The largest absolute Gasteiger partial charge is 0.504 e. The molecular weight excluding hydrogens is 340 g/mol. The molecule has 1 aliphatic rings. The molecule has 3 rings (SSSR count). The Morgan fingerprint density at radius 1 is 0.760 bits per heavy atom. The summed E-state index contributed by atoms with van der Waals surface area (Å²) in [5, 5.41) is 20.6. The van der Waals surface area contributed by atoms with Crippen LogP contribution in [0, 0.1) is 0 Å². The third-order valence-electron chi connectivity index (χ3n) is 3.78. The van der Waals surface area contributed by atoms with Crippen LogP contribution in [0.15, 0.2) is 77.8 Å². The lowest BCUT2D eigenvalue weighted by atomic mass is 9.88. The number of benzene rings is 2. The van der Waals surface area contributed by atoms with Crippen molar-refractivity contribution < 1.29 is 19.8 Å². The summed E-state index contributed by atoms with van der Waals surface area (Å²) in [6.07, 6.45) is 2.88. The molecule has 0 spiro atoms. The third-order valence-corrected chi connectivity index (χ3v) is 4.11. The summed E-state index contributed by atoms with van der Waals surface area (Å²) < 4.78 is 0. The maximum Gasteiger partial charge on any atom is 0.232 e. The van der Waals surface area contributed by atoms with E-state index >= 15 is 0 Å². The molecule has 0 saturated carbocycles. The second-order valence-corrected chi connectivity index (χ2v) is 5.78. The molecule has 0 fully saturated rings. The molecule has 0 atom stereocenters. The summed E-state index contributed by atoms with van der Waals surface area (Å²) in [4.78, 5) is 24.9. The first kappa shape index (κ1) is 16.7. The van der Waals surface area contributed by atoms with Crippen LogP contribution < -0.4 is 0 Å². The van der Waals surface area contributed by atoms with Gasteiger partial charge in [0, 0.05) is 10.6 Å². The molecule has 0 amide bonds. The van der Waals surface area contributed by atoms with Crippen LogP contribution in [0.3, 0.4) is 0 Å². The highest BCUT2D eigenvalue weighted by atomic mass is 35.5. The van der Waals surface area contributed by atoms with Gasteiger partial charge in [0.15, 0.2) is 11.5 Å². The van der Waals surface area contributed by atoms with Crippen molar-refractivity contribution in [2.24, 2.45) is 0 Å². The SMILES string of the molecule is O=C1C(O)=C(c2ccccc2Cl)C(=O)C(O)=C1/C=C/c1ccccc1. The molecule has 0 aromatic heterocycles. The number of Topliss-reactive ketones (excluding diaryl/α,β-unsaturated/α-hetero) is 2. The normalized spacial score (nSPS) is 15.4. The molecule has 25 heavy (non-hydrogen) atoms. The van der Waals surface area contributed by atoms with Crippen LogP contribution in [-0.4, -0.2) is 21.8 Å². The zero-order valence-electron chi connectivity index (χ0n) is 12.9. The van der Waals surface area contributed by atoms with E-state index in [-0.39, 0.29) is 21.7 Å². The van der Waals surface area contributed by atoms with E-state index in [1.165, 1.54) is 18.2 Å². The van der Waals surface area contributed by atoms with Crippen LogP contribution in [0.25, 0.3) is 11.6 Å². The Labute approximate surface area is 149 Å². The van der Waals surface area contributed by atoms with E-state index in [0.717, 1.165) is 5.56 Å². The molecule has 0 saturated heterocycles. The van der Waals surface area contributed by atoms with Crippen molar-refractivity contribution in [3.05, 3.63) is 93.9 Å². The van der Waals surface area contributed by atoms with E-state index in [9.17, 15) is 19.8 Å². The Bertz CT molecular complexity index is 953. The lowest BCUT2D eigenvalue weighted by Crippen LogP contribution is -2.22. The van der Waals surface area contributed by atoms with E-state index in [2.05, 4.69) is 0 Å². The maximum atomic E-state index is 12.5. The topological polar surface area (TPSA) is 74.6 Å². The summed E-state index contributed by atoms with van der Waals surface area (Å²) in [5.41, 5.74) is 0.410. The van der Waals surface area contributed by atoms with Crippen LogP contribution in [0.5, 0.6) is 0 Å². The van der Waals surface area contributed by atoms with Gasteiger partial charge in [-0.1, -0.05) is 66.2 Å². The van der Waals surface area contributed by atoms with Gasteiger partial charge >= 0.3 is 0 Å². The third kappa shape index (κ3) is 3.12. The van der Waals surface area contributed by atoms with E-state index in [1.807, 2.05) is 18.2 Å².